The lowest BCUT2D eigenvalue weighted by Crippen LogP contribution is -2.17. The van der Waals surface area contributed by atoms with Crippen molar-refractivity contribution in [3.05, 3.63) is 47.5 Å². The maximum atomic E-state index is 12.4. The Morgan fingerprint density at radius 2 is 1.69 bits per heavy atom. The average molecular weight is 353 g/mol. The molecule has 0 saturated carbocycles. The second-order valence-corrected chi connectivity index (χ2v) is 7.57. The number of hydrogen-bond acceptors (Lipinski definition) is 5. The summed E-state index contributed by atoms with van der Waals surface area (Å²) in [5.74, 6) is -0.387. The lowest BCUT2D eigenvalue weighted by atomic mass is 9.85. The van der Waals surface area contributed by atoms with E-state index in [9.17, 15) is 9.90 Å². The number of aromatic nitrogens is 3. The molecule has 0 aliphatic heterocycles. The first kappa shape index (κ1) is 17.9. The molecule has 0 spiro atoms. The van der Waals surface area contributed by atoms with Crippen molar-refractivity contribution in [1.82, 2.24) is 15.0 Å². The number of ether oxygens (including phenoxy) is 1. The van der Waals surface area contributed by atoms with Crippen LogP contribution in [0.3, 0.4) is 0 Å². The first-order valence-corrected chi connectivity index (χ1v) is 8.58. The number of hydrogen-bond donors (Lipinski definition) is 1. The van der Waals surface area contributed by atoms with Gasteiger partial charge in [-0.25, -0.2) is 4.79 Å². The summed E-state index contributed by atoms with van der Waals surface area (Å²) in [6.07, 6.45) is -0.233. The van der Waals surface area contributed by atoms with Crippen LogP contribution in [0.4, 0.5) is 0 Å². The van der Waals surface area contributed by atoms with Gasteiger partial charge in [-0.2, -0.15) is 0 Å². The molecule has 2 aromatic carbocycles. The minimum Gasteiger partial charge on any atom is -0.505 e. The molecular weight excluding hydrogens is 330 g/mol. The van der Waals surface area contributed by atoms with E-state index in [1.54, 1.807) is 26.0 Å². The van der Waals surface area contributed by atoms with Crippen molar-refractivity contribution in [2.75, 3.05) is 0 Å². The smallest absolute Gasteiger partial charge is 0.338 e. The predicted molar refractivity (Wildman–Crippen MR) is 99.8 cm³/mol. The van der Waals surface area contributed by atoms with E-state index in [4.69, 9.17) is 4.74 Å². The molecule has 6 heteroatoms. The van der Waals surface area contributed by atoms with Crippen molar-refractivity contribution in [3.8, 4) is 11.4 Å². The standard InChI is InChI=1S/C20H23N3O3/c1-12(2)26-19(25)13-10-14(20(3,4)5)18(24)17(11-13)23-21-15-8-6-7-9-16(15)22-23/h6-12,24H,1-5H3. The first-order chi connectivity index (χ1) is 12.2. The highest BCUT2D eigenvalue weighted by Crippen LogP contribution is 2.36. The van der Waals surface area contributed by atoms with E-state index >= 15 is 0 Å². The van der Waals surface area contributed by atoms with E-state index in [2.05, 4.69) is 10.2 Å². The molecule has 1 aromatic heterocycles. The van der Waals surface area contributed by atoms with E-state index in [-0.39, 0.29) is 17.3 Å². The molecule has 1 heterocycles. The van der Waals surface area contributed by atoms with Gasteiger partial charge in [0.25, 0.3) is 0 Å². The highest BCUT2D eigenvalue weighted by molar-refractivity contribution is 5.91. The number of rotatable bonds is 3. The number of nitrogens with zero attached hydrogens (tertiary/aromatic N) is 3. The monoisotopic (exact) mass is 353 g/mol. The Hall–Kier alpha value is -2.89. The normalized spacial score (nSPS) is 11.9. The number of phenols is 1. The summed E-state index contributed by atoms with van der Waals surface area (Å²) >= 11 is 0. The van der Waals surface area contributed by atoms with Crippen LogP contribution in [0.25, 0.3) is 16.7 Å². The van der Waals surface area contributed by atoms with Crippen molar-refractivity contribution < 1.29 is 14.6 Å². The maximum Gasteiger partial charge on any atom is 0.338 e. The van der Waals surface area contributed by atoms with Crippen molar-refractivity contribution in [3.63, 3.8) is 0 Å². The lowest BCUT2D eigenvalue weighted by molar-refractivity contribution is 0.0377. The van der Waals surface area contributed by atoms with E-state index in [0.29, 0.717) is 27.8 Å². The van der Waals surface area contributed by atoms with E-state index in [1.807, 2.05) is 45.0 Å². The molecule has 136 valence electrons. The highest BCUT2D eigenvalue weighted by Gasteiger charge is 2.25. The van der Waals surface area contributed by atoms with Gasteiger partial charge >= 0.3 is 5.97 Å². The summed E-state index contributed by atoms with van der Waals surface area (Å²) in [4.78, 5) is 13.8. The quantitative estimate of drug-likeness (QED) is 0.721. The molecule has 26 heavy (non-hydrogen) atoms. The average Bonchev–Trinajstić information content (AvgIpc) is 2.96. The van der Waals surface area contributed by atoms with Gasteiger partial charge in [0.1, 0.15) is 22.5 Å². The molecular formula is C20H23N3O3. The predicted octanol–water partition coefficient (Wildman–Crippen LogP) is 3.99. The van der Waals surface area contributed by atoms with Gasteiger partial charge in [0.2, 0.25) is 0 Å². The fraction of sp³-hybridized carbons (Fsp3) is 0.350. The van der Waals surface area contributed by atoms with Gasteiger partial charge in [-0.05, 0) is 43.5 Å². The van der Waals surface area contributed by atoms with Crippen LogP contribution >= 0.6 is 0 Å². The molecule has 6 nitrogen and oxygen atoms in total. The Morgan fingerprint density at radius 3 is 2.19 bits per heavy atom. The number of esters is 1. The minimum absolute atomic E-state index is 0.0545. The van der Waals surface area contributed by atoms with Crippen LogP contribution in [0.5, 0.6) is 5.75 Å². The summed E-state index contributed by atoms with van der Waals surface area (Å²) in [6, 6.07) is 10.7. The van der Waals surface area contributed by atoms with Crippen molar-refractivity contribution >= 4 is 17.0 Å². The Morgan fingerprint density at radius 1 is 1.12 bits per heavy atom. The van der Waals surface area contributed by atoms with E-state index in [0.717, 1.165) is 0 Å². The molecule has 1 N–H and O–H groups in total. The number of benzene rings is 2. The Kier molecular flexibility index (Phi) is 4.44. The van der Waals surface area contributed by atoms with E-state index < -0.39 is 5.97 Å². The minimum atomic E-state index is -0.441. The van der Waals surface area contributed by atoms with Gasteiger partial charge < -0.3 is 9.84 Å². The molecule has 0 amide bonds. The van der Waals surface area contributed by atoms with Gasteiger partial charge in [0.05, 0.1) is 11.7 Å². The number of aromatic hydroxyl groups is 1. The number of carbonyl (C=O) groups is 1. The molecule has 0 fully saturated rings. The fourth-order valence-corrected chi connectivity index (χ4v) is 2.71. The van der Waals surface area contributed by atoms with Crippen LogP contribution < -0.4 is 0 Å². The van der Waals surface area contributed by atoms with Crippen LogP contribution in [-0.4, -0.2) is 32.2 Å². The highest BCUT2D eigenvalue weighted by atomic mass is 16.5. The van der Waals surface area contributed by atoms with Crippen molar-refractivity contribution in [2.24, 2.45) is 0 Å². The van der Waals surface area contributed by atoms with Gasteiger partial charge in [-0.1, -0.05) is 32.9 Å². The zero-order valence-electron chi connectivity index (χ0n) is 15.6. The number of phenolic OH excluding ortho intramolecular Hbond substituents is 1. The molecule has 3 aromatic rings. The SMILES string of the molecule is CC(C)OC(=O)c1cc(-n2nc3ccccc3n2)c(O)c(C(C)(C)C)c1. The van der Waals surface area contributed by atoms with Crippen LogP contribution in [0.15, 0.2) is 36.4 Å². The maximum absolute atomic E-state index is 12.4. The summed E-state index contributed by atoms with van der Waals surface area (Å²) in [5.41, 5.74) is 2.38. The van der Waals surface area contributed by atoms with Gasteiger partial charge in [-0.3, -0.25) is 0 Å². The molecule has 3 rings (SSSR count). The lowest BCUT2D eigenvalue weighted by Gasteiger charge is -2.23. The number of fused-ring (bicyclic) bond motifs is 1. The van der Waals surface area contributed by atoms with Crippen molar-refractivity contribution in [2.45, 2.75) is 46.1 Å². The van der Waals surface area contributed by atoms with E-state index in [1.165, 1.54) is 4.80 Å². The third-order valence-corrected chi connectivity index (χ3v) is 3.98. The largest absolute Gasteiger partial charge is 0.505 e. The Labute approximate surface area is 152 Å². The molecule has 0 saturated heterocycles. The zero-order valence-corrected chi connectivity index (χ0v) is 15.6. The Bertz CT molecular complexity index is 935. The molecule has 0 bridgehead atoms. The van der Waals surface area contributed by atoms with Crippen LogP contribution in [0, 0.1) is 0 Å². The second kappa shape index (κ2) is 6.44. The molecule has 0 aliphatic carbocycles. The number of carbonyl (C=O) groups excluding carboxylic acids is 1. The van der Waals surface area contributed by atoms with Crippen LogP contribution in [-0.2, 0) is 10.2 Å². The van der Waals surface area contributed by atoms with Gasteiger partial charge in [0, 0.05) is 5.56 Å². The van der Waals surface area contributed by atoms with Crippen LogP contribution in [0.2, 0.25) is 0 Å². The summed E-state index contributed by atoms with van der Waals surface area (Å²) in [6.45, 7) is 9.50. The van der Waals surface area contributed by atoms with Crippen LogP contribution in [0.1, 0.15) is 50.5 Å². The first-order valence-electron chi connectivity index (χ1n) is 8.58. The Balaban J connectivity index is 2.21. The third-order valence-electron chi connectivity index (χ3n) is 3.98. The summed E-state index contributed by atoms with van der Waals surface area (Å²) < 4.78 is 5.32. The molecule has 0 radical (unpaired) electrons. The fourth-order valence-electron chi connectivity index (χ4n) is 2.71. The zero-order chi connectivity index (χ0) is 19.1. The van der Waals surface area contributed by atoms with Crippen molar-refractivity contribution in [1.29, 1.82) is 0 Å². The molecule has 0 unspecified atom stereocenters. The summed E-state index contributed by atoms with van der Waals surface area (Å²) in [5, 5.41) is 19.7. The second-order valence-electron chi connectivity index (χ2n) is 7.57. The molecule has 0 aliphatic rings. The molecule has 0 atom stereocenters. The van der Waals surface area contributed by atoms with Gasteiger partial charge in [-0.15, -0.1) is 15.0 Å². The summed E-state index contributed by atoms with van der Waals surface area (Å²) in [7, 11) is 0. The topological polar surface area (TPSA) is 77.2 Å². The van der Waals surface area contributed by atoms with Gasteiger partial charge in [0.15, 0.2) is 0 Å². The third kappa shape index (κ3) is 3.40.